The van der Waals surface area contributed by atoms with Crippen LogP contribution in [0, 0.1) is 0 Å². The summed E-state index contributed by atoms with van der Waals surface area (Å²) in [4.78, 5) is 37.4. The number of rotatable bonds is 5. The molecule has 4 N–H and O–H groups in total. The van der Waals surface area contributed by atoms with Crippen molar-refractivity contribution in [2.75, 3.05) is 6.61 Å². The summed E-state index contributed by atoms with van der Waals surface area (Å²) in [6, 6.07) is -1.47. The van der Waals surface area contributed by atoms with Crippen LogP contribution in [0.25, 0.3) is 0 Å². The number of aliphatic carboxylic acids is 1. The third kappa shape index (κ3) is 6.55. The van der Waals surface area contributed by atoms with Crippen LogP contribution in [0.2, 0.25) is 0 Å². The second-order valence-corrected chi connectivity index (χ2v) is 3.62. The fourth-order valence-corrected chi connectivity index (χ4v) is 0.935. The highest BCUT2D eigenvalue weighted by atomic mass is 31.2. The zero-order chi connectivity index (χ0) is 11.4. The minimum Gasteiger partial charge on any atom is -0.480 e. The fraction of sp³-hybridized carbons (Fsp3) is 0.600. The van der Waals surface area contributed by atoms with Crippen LogP contribution < -0.4 is 5.32 Å². The summed E-state index contributed by atoms with van der Waals surface area (Å²) < 4.78 is 14.1. The molecule has 1 atom stereocenters. The molecule has 0 rings (SSSR count). The van der Waals surface area contributed by atoms with Gasteiger partial charge in [-0.15, -0.1) is 0 Å². The van der Waals surface area contributed by atoms with E-state index in [-0.39, 0.29) is 0 Å². The lowest BCUT2D eigenvalue weighted by atomic mass is 10.3. The zero-order valence-corrected chi connectivity index (χ0v) is 8.10. The average molecular weight is 227 g/mol. The minimum absolute atomic E-state index is 0.633. The van der Waals surface area contributed by atoms with Crippen LogP contribution in [-0.2, 0) is 18.7 Å². The van der Waals surface area contributed by atoms with E-state index in [0.29, 0.717) is 0 Å². The summed E-state index contributed by atoms with van der Waals surface area (Å²) in [5.41, 5.74) is 0. The Morgan fingerprint density at radius 1 is 1.50 bits per heavy atom. The maximum absolute atomic E-state index is 10.5. The van der Waals surface area contributed by atoms with Gasteiger partial charge in [0.25, 0.3) is 0 Å². The molecule has 8 nitrogen and oxygen atoms in total. The van der Waals surface area contributed by atoms with Gasteiger partial charge >= 0.3 is 13.8 Å². The van der Waals surface area contributed by atoms with Crippen molar-refractivity contribution in [2.24, 2.45) is 0 Å². The molecule has 0 aromatic rings. The van der Waals surface area contributed by atoms with Gasteiger partial charge in [0.15, 0.2) is 6.04 Å². The van der Waals surface area contributed by atoms with Gasteiger partial charge in [-0.1, -0.05) is 0 Å². The average Bonchev–Trinajstić information content (AvgIpc) is 1.94. The van der Waals surface area contributed by atoms with Crippen molar-refractivity contribution in [3.63, 3.8) is 0 Å². The topological polar surface area (TPSA) is 133 Å². The first-order valence-corrected chi connectivity index (χ1v) is 4.95. The maximum atomic E-state index is 10.5. The van der Waals surface area contributed by atoms with Gasteiger partial charge in [-0.3, -0.25) is 9.32 Å². The lowest BCUT2D eigenvalue weighted by Gasteiger charge is -2.13. The molecule has 1 amide bonds. The largest absolute Gasteiger partial charge is 0.480 e. The Labute approximate surface area is 79.1 Å². The number of carbonyl (C=O) groups is 2. The number of hydrogen-bond donors (Lipinski definition) is 4. The molecule has 1 unspecified atom stereocenters. The summed E-state index contributed by atoms with van der Waals surface area (Å²) in [5, 5.41) is 10.4. The van der Waals surface area contributed by atoms with Gasteiger partial charge in [0.1, 0.15) is 0 Å². The third-order valence-electron chi connectivity index (χ3n) is 1.08. The van der Waals surface area contributed by atoms with E-state index in [9.17, 15) is 14.2 Å². The van der Waals surface area contributed by atoms with E-state index in [0.717, 1.165) is 6.92 Å². The van der Waals surface area contributed by atoms with Crippen molar-refractivity contribution in [3.05, 3.63) is 0 Å². The standard InChI is InChI=1S/C5H10NO7P/c1-3(7)6-4(5(8)9)2-13-14(10,11)12/h4H,2H2,1H3,(H,6,7)(H,8,9)(H2,10,11,12). The van der Waals surface area contributed by atoms with E-state index in [1.165, 1.54) is 0 Å². The van der Waals surface area contributed by atoms with E-state index in [4.69, 9.17) is 14.9 Å². The SMILES string of the molecule is CC(=O)NC(COP(=O)(O)O)C(=O)O. The molecule has 0 aliphatic carbocycles. The number of amides is 1. The Kier molecular flexibility index (Phi) is 4.72. The number of phosphoric ester groups is 1. The number of carboxylic acid groups (broad SMARTS) is 1. The molecule has 0 saturated carbocycles. The second kappa shape index (κ2) is 5.06. The van der Waals surface area contributed by atoms with Gasteiger partial charge < -0.3 is 20.2 Å². The minimum atomic E-state index is -4.72. The Hall–Kier alpha value is -0.950. The normalized spacial score (nSPS) is 13.4. The van der Waals surface area contributed by atoms with Crippen molar-refractivity contribution in [2.45, 2.75) is 13.0 Å². The number of hydrogen-bond acceptors (Lipinski definition) is 4. The predicted octanol–water partition coefficient (Wildman–Crippen LogP) is -1.32. The van der Waals surface area contributed by atoms with Crippen LogP contribution in [0.4, 0.5) is 0 Å². The predicted molar refractivity (Wildman–Crippen MR) is 43.2 cm³/mol. The van der Waals surface area contributed by atoms with E-state index < -0.39 is 32.3 Å². The lowest BCUT2D eigenvalue weighted by molar-refractivity contribution is -0.142. The fourth-order valence-electron chi connectivity index (χ4n) is 0.592. The molecule has 9 heteroatoms. The van der Waals surface area contributed by atoms with Crippen LogP contribution in [-0.4, -0.2) is 39.4 Å². The monoisotopic (exact) mass is 227 g/mol. The second-order valence-electron chi connectivity index (χ2n) is 2.38. The maximum Gasteiger partial charge on any atom is 0.469 e. The van der Waals surface area contributed by atoms with Crippen LogP contribution in [0.3, 0.4) is 0 Å². The molecule has 0 aliphatic heterocycles. The summed E-state index contributed by atoms with van der Waals surface area (Å²) in [6.45, 7) is 0.284. The highest BCUT2D eigenvalue weighted by Crippen LogP contribution is 2.35. The van der Waals surface area contributed by atoms with Crippen molar-refractivity contribution < 1.29 is 33.6 Å². The number of carboxylic acids is 1. The van der Waals surface area contributed by atoms with Crippen molar-refractivity contribution >= 4 is 19.7 Å². The summed E-state index contributed by atoms with van der Waals surface area (Å²) >= 11 is 0. The molecule has 0 aromatic heterocycles. The Morgan fingerprint density at radius 3 is 2.29 bits per heavy atom. The number of nitrogens with one attached hydrogen (secondary N) is 1. The first-order valence-electron chi connectivity index (χ1n) is 3.42. The highest BCUT2D eigenvalue weighted by molar-refractivity contribution is 7.46. The summed E-state index contributed by atoms with van der Waals surface area (Å²) in [5.74, 6) is -2.07. The van der Waals surface area contributed by atoms with Gasteiger partial charge in [0.2, 0.25) is 5.91 Å². The third-order valence-corrected chi connectivity index (χ3v) is 1.57. The molecule has 0 heterocycles. The van der Waals surface area contributed by atoms with Crippen LogP contribution >= 0.6 is 7.82 Å². The quantitative estimate of drug-likeness (QED) is 0.428. The van der Waals surface area contributed by atoms with Gasteiger partial charge in [-0.25, -0.2) is 9.36 Å². The van der Waals surface area contributed by atoms with Gasteiger partial charge in [-0.2, -0.15) is 0 Å². The molecule has 0 bridgehead atoms. The Bertz CT molecular complexity index is 271. The van der Waals surface area contributed by atoms with Crippen LogP contribution in [0.15, 0.2) is 0 Å². The van der Waals surface area contributed by atoms with Crippen molar-refractivity contribution in [3.8, 4) is 0 Å². The Balaban J connectivity index is 4.18. The van der Waals surface area contributed by atoms with Crippen LogP contribution in [0.1, 0.15) is 6.92 Å². The lowest BCUT2D eigenvalue weighted by Crippen LogP contribution is -2.42. The molecular weight excluding hydrogens is 217 g/mol. The van der Waals surface area contributed by atoms with Crippen LogP contribution in [0.5, 0.6) is 0 Å². The van der Waals surface area contributed by atoms with Gasteiger partial charge in [-0.05, 0) is 0 Å². The smallest absolute Gasteiger partial charge is 0.469 e. The first-order chi connectivity index (χ1) is 6.22. The molecule has 0 fully saturated rings. The molecule has 0 aliphatic rings. The van der Waals surface area contributed by atoms with Gasteiger partial charge in [0, 0.05) is 6.92 Å². The number of carbonyl (C=O) groups excluding carboxylic acids is 1. The molecule has 0 aromatic carbocycles. The molecule has 82 valence electrons. The zero-order valence-electron chi connectivity index (χ0n) is 7.21. The molecule has 0 radical (unpaired) electrons. The van der Waals surface area contributed by atoms with Crippen molar-refractivity contribution in [1.29, 1.82) is 0 Å². The molecule has 0 spiro atoms. The molecule has 0 saturated heterocycles. The summed E-state index contributed by atoms with van der Waals surface area (Å²) in [6.07, 6.45) is 0. The number of phosphoric acid groups is 1. The van der Waals surface area contributed by atoms with Gasteiger partial charge in [0.05, 0.1) is 6.61 Å². The molecular formula is C5H10NO7P. The van der Waals surface area contributed by atoms with E-state index in [2.05, 4.69) is 4.52 Å². The van der Waals surface area contributed by atoms with E-state index in [1.807, 2.05) is 5.32 Å². The highest BCUT2D eigenvalue weighted by Gasteiger charge is 2.23. The van der Waals surface area contributed by atoms with E-state index in [1.54, 1.807) is 0 Å². The van der Waals surface area contributed by atoms with Crippen molar-refractivity contribution in [1.82, 2.24) is 5.32 Å². The first kappa shape index (κ1) is 13.1. The molecule has 14 heavy (non-hydrogen) atoms. The van der Waals surface area contributed by atoms with E-state index >= 15 is 0 Å². The Morgan fingerprint density at radius 2 is 2.00 bits per heavy atom. The summed E-state index contributed by atoms with van der Waals surface area (Å²) in [7, 11) is -4.72.